The Balaban J connectivity index is 2.83. The molecule has 0 spiro atoms. The second-order valence-electron chi connectivity index (χ2n) is 3.83. The van der Waals surface area contributed by atoms with Gasteiger partial charge in [-0.3, -0.25) is 0 Å². The van der Waals surface area contributed by atoms with E-state index in [4.69, 9.17) is 19.8 Å². The van der Waals surface area contributed by atoms with E-state index in [-0.39, 0.29) is 6.61 Å². The molecule has 0 radical (unpaired) electrons. The maximum atomic E-state index is 8.82. The lowest BCUT2D eigenvalue weighted by molar-refractivity contribution is 0.252. The van der Waals surface area contributed by atoms with Crippen molar-refractivity contribution in [2.75, 3.05) is 20.3 Å². The smallest absolute Gasteiger partial charge is 0.132 e. The largest absolute Gasteiger partial charge is 0.497 e. The van der Waals surface area contributed by atoms with Gasteiger partial charge in [0.2, 0.25) is 0 Å². The number of ether oxygens (including phenoxy) is 2. The monoisotopic (exact) mass is 253 g/mol. The molecule has 18 heavy (non-hydrogen) atoms. The zero-order valence-corrected chi connectivity index (χ0v) is 10.7. The molecule has 0 unspecified atom stereocenters. The minimum atomic E-state index is 0.158. The minimum absolute atomic E-state index is 0.158. The molecular formula is C13H19NO4. The van der Waals surface area contributed by atoms with Crippen molar-refractivity contribution < 1.29 is 19.8 Å². The van der Waals surface area contributed by atoms with Gasteiger partial charge in [0.05, 0.1) is 19.4 Å². The lowest BCUT2D eigenvalue weighted by atomic mass is 10.1. The SMILES string of the molecule is COc1ccc(/C(C)=N/O)c(OCCCCO)c1. The summed E-state index contributed by atoms with van der Waals surface area (Å²) >= 11 is 0. The number of rotatable bonds is 7. The van der Waals surface area contributed by atoms with Crippen molar-refractivity contribution in [2.24, 2.45) is 5.16 Å². The molecule has 0 heterocycles. The van der Waals surface area contributed by atoms with Gasteiger partial charge >= 0.3 is 0 Å². The summed E-state index contributed by atoms with van der Waals surface area (Å²) in [6.07, 6.45) is 1.47. The van der Waals surface area contributed by atoms with Crippen LogP contribution in [-0.4, -0.2) is 36.3 Å². The number of aliphatic hydroxyl groups is 1. The molecule has 0 aliphatic rings. The molecule has 2 N–H and O–H groups in total. The molecule has 100 valence electrons. The summed E-state index contributed by atoms with van der Waals surface area (Å²) in [5.41, 5.74) is 1.21. The van der Waals surface area contributed by atoms with Crippen LogP contribution in [0.25, 0.3) is 0 Å². The van der Waals surface area contributed by atoms with E-state index in [1.165, 1.54) is 0 Å². The summed E-state index contributed by atoms with van der Waals surface area (Å²) in [6, 6.07) is 5.32. The maximum Gasteiger partial charge on any atom is 0.132 e. The van der Waals surface area contributed by atoms with Crippen LogP contribution >= 0.6 is 0 Å². The van der Waals surface area contributed by atoms with Gasteiger partial charge in [-0.25, -0.2) is 0 Å². The van der Waals surface area contributed by atoms with Gasteiger partial charge in [0.15, 0.2) is 0 Å². The van der Waals surface area contributed by atoms with Crippen LogP contribution in [0.4, 0.5) is 0 Å². The first-order valence-corrected chi connectivity index (χ1v) is 5.83. The molecule has 1 aromatic carbocycles. The van der Waals surface area contributed by atoms with Gasteiger partial charge in [0, 0.05) is 18.2 Å². The summed E-state index contributed by atoms with van der Waals surface area (Å²) in [5.74, 6) is 1.30. The van der Waals surface area contributed by atoms with Crippen molar-refractivity contribution >= 4 is 5.71 Å². The highest BCUT2D eigenvalue weighted by molar-refractivity contribution is 6.00. The van der Waals surface area contributed by atoms with Crippen LogP contribution in [0.2, 0.25) is 0 Å². The molecule has 0 saturated carbocycles. The summed E-state index contributed by atoms with van der Waals surface area (Å²) in [4.78, 5) is 0. The number of hydrogen-bond donors (Lipinski definition) is 2. The fraction of sp³-hybridized carbons (Fsp3) is 0.462. The molecule has 0 aromatic heterocycles. The highest BCUT2D eigenvalue weighted by Gasteiger charge is 2.09. The average Bonchev–Trinajstić information content (AvgIpc) is 2.42. The van der Waals surface area contributed by atoms with Crippen molar-refractivity contribution in [3.05, 3.63) is 23.8 Å². The van der Waals surface area contributed by atoms with E-state index in [1.54, 1.807) is 32.2 Å². The molecule has 0 aliphatic carbocycles. The summed E-state index contributed by atoms with van der Waals surface area (Å²) in [6.45, 7) is 2.35. The Morgan fingerprint density at radius 2 is 2.11 bits per heavy atom. The van der Waals surface area contributed by atoms with Gasteiger partial charge in [-0.2, -0.15) is 0 Å². The normalized spacial score (nSPS) is 11.4. The maximum absolute atomic E-state index is 8.82. The second-order valence-corrected chi connectivity index (χ2v) is 3.83. The first-order valence-electron chi connectivity index (χ1n) is 5.83. The summed E-state index contributed by atoms with van der Waals surface area (Å²) in [5, 5.41) is 20.7. The van der Waals surface area contributed by atoms with Gasteiger partial charge in [-0.05, 0) is 31.9 Å². The number of methoxy groups -OCH3 is 1. The highest BCUT2D eigenvalue weighted by Crippen LogP contribution is 2.25. The fourth-order valence-corrected chi connectivity index (χ4v) is 1.50. The quantitative estimate of drug-likeness (QED) is 0.337. The Morgan fingerprint density at radius 1 is 1.33 bits per heavy atom. The standard InChI is InChI=1S/C13H19NO4/c1-10(14-16)12-6-5-11(17-2)9-13(12)18-8-4-3-7-15/h5-6,9,15-16H,3-4,7-8H2,1-2H3/b14-10+. The van der Waals surface area contributed by atoms with Gasteiger partial charge in [0.1, 0.15) is 11.5 Å². The predicted octanol–water partition coefficient (Wildman–Crippen LogP) is 2.04. The van der Waals surface area contributed by atoms with E-state index in [1.807, 2.05) is 0 Å². The van der Waals surface area contributed by atoms with Crippen LogP contribution in [0.3, 0.4) is 0 Å². The average molecular weight is 253 g/mol. The molecule has 0 bridgehead atoms. The third kappa shape index (κ3) is 3.92. The minimum Gasteiger partial charge on any atom is -0.497 e. The molecule has 1 rings (SSSR count). The van der Waals surface area contributed by atoms with Crippen LogP contribution in [0.1, 0.15) is 25.3 Å². The molecule has 5 heteroatoms. The van der Waals surface area contributed by atoms with E-state index >= 15 is 0 Å². The number of hydrogen-bond acceptors (Lipinski definition) is 5. The molecule has 0 amide bonds. The Labute approximate surface area is 107 Å². The van der Waals surface area contributed by atoms with Crippen molar-refractivity contribution in [2.45, 2.75) is 19.8 Å². The van der Waals surface area contributed by atoms with Crippen LogP contribution in [0.5, 0.6) is 11.5 Å². The van der Waals surface area contributed by atoms with E-state index in [0.29, 0.717) is 30.2 Å². The summed E-state index contributed by atoms with van der Waals surface area (Å²) < 4.78 is 10.7. The number of oxime groups is 1. The number of nitrogens with zero attached hydrogens (tertiary/aromatic N) is 1. The van der Waals surface area contributed by atoms with Crippen LogP contribution < -0.4 is 9.47 Å². The number of aliphatic hydroxyl groups excluding tert-OH is 1. The molecule has 5 nitrogen and oxygen atoms in total. The molecule has 0 atom stereocenters. The third-order valence-corrected chi connectivity index (χ3v) is 2.54. The Morgan fingerprint density at radius 3 is 2.72 bits per heavy atom. The van der Waals surface area contributed by atoms with Gasteiger partial charge in [-0.1, -0.05) is 5.16 Å². The topological polar surface area (TPSA) is 71.3 Å². The predicted molar refractivity (Wildman–Crippen MR) is 68.8 cm³/mol. The van der Waals surface area contributed by atoms with E-state index in [2.05, 4.69) is 5.16 Å². The lowest BCUT2D eigenvalue weighted by Gasteiger charge is -2.12. The van der Waals surface area contributed by atoms with Gasteiger partial charge in [0.25, 0.3) is 0 Å². The van der Waals surface area contributed by atoms with Crippen molar-refractivity contribution in [1.82, 2.24) is 0 Å². The summed E-state index contributed by atoms with van der Waals surface area (Å²) in [7, 11) is 1.58. The molecule has 0 saturated heterocycles. The number of unbranched alkanes of at least 4 members (excludes halogenated alkanes) is 1. The van der Waals surface area contributed by atoms with E-state index < -0.39 is 0 Å². The Bertz CT molecular complexity index is 404. The zero-order valence-electron chi connectivity index (χ0n) is 10.7. The lowest BCUT2D eigenvalue weighted by Crippen LogP contribution is -2.04. The molecule has 1 aromatic rings. The fourth-order valence-electron chi connectivity index (χ4n) is 1.50. The van der Waals surface area contributed by atoms with E-state index in [0.717, 1.165) is 12.0 Å². The van der Waals surface area contributed by atoms with Crippen LogP contribution in [-0.2, 0) is 0 Å². The van der Waals surface area contributed by atoms with Crippen molar-refractivity contribution in [3.8, 4) is 11.5 Å². The van der Waals surface area contributed by atoms with Gasteiger partial charge < -0.3 is 19.8 Å². The zero-order chi connectivity index (χ0) is 13.4. The molecule has 0 fully saturated rings. The number of benzene rings is 1. The molecule has 0 aliphatic heterocycles. The highest BCUT2D eigenvalue weighted by atomic mass is 16.5. The van der Waals surface area contributed by atoms with Crippen molar-refractivity contribution in [1.29, 1.82) is 0 Å². The third-order valence-electron chi connectivity index (χ3n) is 2.54. The van der Waals surface area contributed by atoms with E-state index in [9.17, 15) is 0 Å². The molecular weight excluding hydrogens is 234 g/mol. The Kier molecular flexibility index (Phi) is 6.00. The first-order chi connectivity index (χ1) is 8.72. The van der Waals surface area contributed by atoms with Crippen molar-refractivity contribution in [3.63, 3.8) is 0 Å². The van der Waals surface area contributed by atoms with Crippen LogP contribution in [0, 0.1) is 0 Å². The first kappa shape index (κ1) is 14.3. The van der Waals surface area contributed by atoms with Gasteiger partial charge in [-0.15, -0.1) is 0 Å². The van der Waals surface area contributed by atoms with Crippen LogP contribution in [0.15, 0.2) is 23.4 Å². The Hall–Kier alpha value is -1.75. The second kappa shape index (κ2) is 7.55.